The first-order valence-electron chi connectivity index (χ1n) is 6.67. The van der Waals surface area contributed by atoms with Crippen LogP contribution in [-0.4, -0.2) is 9.78 Å². The summed E-state index contributed by atoms with van der Waals surface area (Å²) in [5.41, 5.74) is 3.14. The standard InChI is InChI=1S/C17H16N2O/c1-12-7-9-14(10-8-12)11-19-17(20)16-6-4-3-5-15(16)13(2)18-19/h3-10H,11H2,1-2H3. The molecule has 100 valence electrons. The van der Waals surface area contributed by atoms with Gasteiger partial charge in [-0.25, -0.2) is 4.68 Å². The van der Waals surface area contributed by atoms with Crippen molar-refractivity contribution in [2.24, 2.45) is 0 Å². The van der Waals surface area contributed by atoms with Gasteiger partial charge in [-0.15, -0.1) is 0 Å². The summed E-state index contributed by atoms with van der Waals surface area (Å²) in [5.74, 6) is 0. The number of hydrogen-bond donors (Lipinski definition) is 0. The monoisotopic (exact) mass is 264 g/mol. The van der Waals surface area contributed by atoms with Gasteiger partial charge >= 0.3 is 0 Å². The smallest absolute Gasteiger partial charge is 0.267 e. The lowest BCUT2D eigenvalue weighted by Crippen LogP contribution is -2.24. The quantitative estimate of drug-likeness (QED) is 0.713. The van der Waals surface area contributed by atoms with Crippen LogP contribution in [0.3, 0.4) is 0 Å². The van der Waals surface area contributed by atoms with E-state index in [9.17, 15) is 4.79 Å². The van der Waals surface area contributed by atoms with Crippen molar-refractivity contribution < 1.29 is 0 Å². The van der Waals surface area contributed by atoms with Crippen LogP contribution in [0.2, 0.25) is 0 Å². The fourth-order valence-corrected chi connectivity index (χ4v) is 2.38. The Labute approximate surface area is 117 Å². The largest absolute Gasteiger partial charge is 0.274 e. The molecule has 0 saturated carbocycles. The molecule has 3 aromatic rings. The lowest BCUT2D eigenvalue weighted by Gasteiger charge is -2.09. The number of hydrogen-bond acceptors (Lipinski definition) is 2. The molecule has 0 atom stereocenters. The van der Waals surface area contributed by atoms with Crippen LogP contribution in [0.15, 0.2) is 53.3 Å². The molecular formula is C17H16N2O. The number of aryl methyl sites for hydroxylation is 2. The molecule has 0 spiro atoms. The Bertz CT molecular complexity index is 817. The number of benzene rings is 2. The highest BCUT2D eigenvalue weighted by Gasteiger charge is 2.07. The minimum atomic E-state index is -0.0354. The molecule has 3 heteroatoms. The van der Waals surface area contributed by atoms with E-state index in [1.807, 2.05) is 62.4 Å². The molecule has 0 fully saturated rings. The van der Waals surface area contributed by atoms with Gasteiger partial charge in [-0.05, 0) is 25.5 Å². The molecule has 0 bridgehead atoms. The van der Waals surface area contributed by atoms with Crippen LogP contribution < -0.4 is 5.56 Å². The maximum absolute atomic E-state index is 12.5. The Hall–Kier alpha value is -2.42. The summed E-state index contributed by atoms with van der Waals surface area (Å²) in [6.07, 6.45) is 0. The molecule has 2 aromatic carbocycles. The van der Waals surface area contributed by atoms with Crippen molar-refractivity contribution in [2.45, 2.75) is 20.4 Å². The van der Waals surface area contributed by atoms with Gasteiger partial charge in [0.15, 0.2) is 0 Å². The third-order valence-corrected chi connectivity index (χ3v) is 3.51. The number of aromatic nitrogens is 2. The molecule has 0 N–H and O–H groups in total. The first-order valence-corrected chi connectivity index (χ1v) is 6.67. The van der Waals surface area contributed by atoms with E-state index in [1.165, 1.54) is 5.56 Å². The second-order valence-electron chi connectivity index (χ2n) is 5.08. The summed E-state index contributed by atoms with van der Waals surface area (Å²) >= 11 is 0. The Morgan fingerprint density at radius 2 is 1.60 bits per heavy atom. The van der Waals surface area contributed by atoms with E-state index >= 15 is 0 Å². The normalized spacial score (nSPS) is 10.9. The lowest BCUT2D eigenvalue weighted by molar-refractivity contribution is 0.637. The number of nitrogens with zero attached hydrogens (tertiary/aromatic N) is 2. The molecule has 0 radical (unpaired) electrons. The average Bonchev–Trinajstić information content (AvgIpc) is 2.47. The maximum Gasteiger partial charge on any atom is 0.274 e. The van der Waals surface area contributed by atoms with E-state index in [-0.39, 0.29) is 5.56 Å². The summed E-state index contributed by atoms with van der Waals surface area (Å²) in [4.78, 5) is 12.5. The highest BCUT2D eigenvalue weighted by Crippen LogP contribution is 2.12. The van der Waals surface area contributed by atoms with Gasteiger partial charge in [-0.3, -0.25) is 4.79 Å². The first kappa shape index (κ1) is 12.6. The van der Waals surface area contributed by atoms with Gasteiger partial charge in [0.25, 0.3) is 5.56 Å². The highest BCUT2D eigenvalue weighted by molar-refractivity contribution is 5.83. The van der Waals surface area contributed by atoms with Crippen LogP contribution in [0.1, 0.15) is 16.8 Å². The van der Waals surface area contributed by atoms with Crippen molar-refractivity contribution in [3.8, 4) is 0 Å². The lowest BCUT2D eigenvalue weighted by atomic mass is 10.1. The fraction of sp³-hybridized carbons (Fsp3) is 0.176. The zero-order valence-electron chi connectivity index (χ0n) is 11.6. The molecule has 0 aliphatic heterocycles. The maximum atomic E-state index is 12.5. The predicted molar refractivity (Wildman–Crippen MR) is 81.0 cm³/mol. The zero-order chi connectivity index (χ0) is 14.1. The van der Waals surface area contributed by atoms with Gasteiger partial charge in [0, 0.05) is 5.39 Å². The van der Waals surface area contributed by atoms with Crippen molar-refractivity contribution in [2.75, 3.05) is 0 Å². The van der Waals surface area contributed by atoms with E-state index in [2.05, 4.69) is 5.10 Å². The average molecular weight is 264 g/mol. The molecule has 0 amide bonds. The Kier molecular flexibility index (Phi) is 3.11. The van der Waals surface area contributed by atoms with Gasteiger partial charge in [0.1, 0.15) is 0 Å². The van der Waals surface area contributed by atoms with Crippen LogP contribution in [0.5, 0.6) is 0 Å². The van der Waals surface area contributed by atoms with Crippen molar-refractivity contribution >= 4 is 10.8 Å². The summed E-state index contributed by atoms with van der Waals surface area (Å²) in [6, 6.07) is 15.8. The van der Waals surface area contributed by atoms with E-state index in [4.69, 9.17) is 0 Å². The molecule has 0 aliphatic carbocycles. The first-order chi connectivity index (χ1) is 9.65. The molecule has 1 heterocycles. The van der Waals surface area contributed by atoms with Crippen molar-refractivity contribution in [1.82, 2.24) is 9.78 Å². The summed E-state index contributed by atoms with van der Waals surface area (Å²) in [6.45, 7) is 4.49. The van der Waals surface area contributed by atoms with Crippen molar-refractivity contribution in [1.29, 1.82) is 0 Å². The second kappa shape index (κ2) is 4.93. The fourth-order valence-electron chi connectivity index (χ4n) is 2.38. The molecule has 0 unspecified atom stereocenters. The van der Waals surface area contributed by atoms with Gasteiger partial charge in [-0.2, -0.15) is 5.10 Å². The Balaban J connectivity index is 2.10. The van der Waals surface area contributed by atoms with E-state index < -0.39 is 0 Å². The SMILES string of the molecule is Cc1ccc(Cn2nc(C)c3ccccc3c2=O)cc1. The second-order valence-corrected chi connectivity index (χ2v) is 5.08. The molecule has 20 heavy (non-hydrogen) atoms. The van der Waals surface area contributed by atoms with E-state index in [0.29, 0.717) is 6.54 Å². The molecule has 3 nitrogen and oxygen atoms in total. The minimum Gasteiger partial charge on any atom is -0.267 e. The van der Waals surface area contributed by atoms with Gasteiger partial charge in [-0.1, -0.05) is 48.0 Å². The van der Waals surface area contributed by atoms with E-state index in [0.717, 1.165) is 22.0 Å². The zero-order valence-corrected chi connectivity index (χ0v) is 11.6. The third-order valence-electron chi connectivity index (χ3n) is 3.51. The van der Waals surface area contributed by atoms with E-state index in [1.54, 1.807) is 4.68 Å². The summed E-state index contributed by atoms with van der Waals surface area (Å²) in [7, 11) is 0. The highest BCUT2D eigenvalue weighted by atomic mass is 16.1. The number of rotatable bonds is 2. The van der Waals surface area contributed by atoms with Crippen LogP contribution in [0.4, 0.5) is 0 Å². The topological polar surface area (TPSA) is 34.9 Å². The Morgan fingerprint density at radius 1 is 0.950 bits per heavy atom. The van der Waals surface area contributed by atoms with Gasteiger partial charge in [0.2, 0.25) is 0 Å². The van der Waals surface area contributed by atoms with Crippen molar-refractivity contribution in [3.05, 3.63) is 75.7 Å². The summed E-state index contributed by atoms with van der Waals surface area (Å²) < 4.78 is 1.54. The van der Waals surface area contributed by atoms with Crippen LogP contribution in [0.25, 0.3) is 10.8 Å². The van der Waals surface area contributed by atoms with Gasteiger partial charge < -0.3 is 0 Å². The molecular weight excluding hydrogens is 248 g/mol. The van der Waals surface area contributed by atoms with Crippen LogP contribution in [0, 0.1) is 13.8 Å². The molecule has 3 rings (SSSR count). The Morgan fingerprint density at radius 3 is 2.30 bits per heavy atom. The van der Waals surface area contributed by atoms with Crippen LogP contribution >= 0.6 is 0 Å². The minimum absolute atomic E-state index is 0.0354. The molecule has 0 aliphatic rings. The summed E-state index contributed by atoms with van der Waals surface area (Å²) in [5, 5.41) is 6.08. The molecule has 0 saturated heterocycles. The van der Waals surface area contributed by atoms with Crippen LogP contribution in [-0.2, 0) is 6.54 Å². The molecule has 1 aromatic heterocycles. The van der Waals surface area contributed by atoms with Crippen molar-refractivity contribution in [3.63, 3.8) is 0 Å². The third kappa shape index (κ3) is 2.23. The number of fused-ring (bicyclic) bond motifs is 1. The van der Waals surface area contributed by atoms with Gasteiger partial charge in [0.05, 0.1) is 17.6 Å². The predicted octanol–water partition coefficient (Wildman–Crippen LogP) is 3.06.